The molecule has 0 aromatic heterocycles. The minimum absolute atomic E-state index is 0.0798. The molecule has 1 saturated heterocycles. The van der Waals surface area contributed by atoms with Crippen LogP contribution in [0.25, 0.3) is 0 Å². The number of carbonyl (C=O) groups excluding carboxylic acids is 1. The molecular formula is C21H26Cl2N3O2+. The fraction of sp³-hybridized carbons (Fsp3) is 0.381. The van der Waals surface area contributed by atoms with Crippen molar-refractivity contribution in [3.05, 3.63) is 52.0 Å². The molecule has 1 fully saturated rings. The third kappa shape index (κ3) is 5.31. The van der Waals surface area contributed by atoms with Crippen molar-refractivity contribution in [3.63, 3.8) is 0 Å². The molecule has 1 amide bonds. The molecule has 2 aromatic carbocycles. The number of amides is 1. The first kappa shape index (κ1) is 20.8. The van der Waals surface area contributed by atoms with E-state index in [1.165, 1.54) is 0 Å². The Bertz CT molecular complexity index is 836. The van der Waals surface area contributed by atoms with E-state index in [0.717, 1.165) is 44.0 Å². The molecule has 2 aromatic rings. The molecule has 0 unspecified atom stereocenters. The number of benzene rings is 2. The lowest BCUT2D eigenvalue weighted by molar-refractivity contribution is -0.898. The van der Waals surface area contributed by atoms with E-state index in [9.17, 15) is 4.79 Å². The fourth-order valence-electron chi connectivity index (χ4n) is 3.37. The number of aryl methyl sites for hydroxylation is 1. The van der Waals surface area contributed by atoms with E-state index in [-0.39, 0.29) is 12.5 Å². The zero-order chi connectivity index (χ0) is 20.1. The number of hydrogen-bond donors (Lipinski definition) is 2. The highest BCUT2D eigenvalue weighted by Gasteiger charge is 2.20. The molecule has 0 radical (unpaired) electrons. The summed E-state index contributed by atoms with van der Waals surface area (Å²) in [4.78, 5) is 16.1. The number of quaternary nitrogens is 1. The summed E-state index contributed by atoms with van der Waals surface area (Å²) < 4.78 is 5.58. The Morgan fingerprint density at radius 3 is 2.57 bits per heavy atom. The van der Waals surface area contributed by atoms with Crippen LogP contribution < -0.4 is 19.9 Å². The highest BCUT2D eigenvalue weighted by atomic mass is 35.5. The normalized spacial score (nSPS) is 14.8. The van der Waals surface area contributed by atoms with Gasteiger partial charge in [0.05, 0.1) is 43.4 Å². The van der Waals surface area contributed by atoms with Gasteiger partial charge in [-0.3, -0.25) is 4.79 Å². The van der Waals surface area contributed by atoms with Crippen molar-refractivity contribution < 1.29 is 14.4 Å². The minimum Gasteiger partial charge on any atom is -0.483 e. The number of rotatable bonds is 6. The highest BCUT2D eigenvalue weighted by Crippen LogP contribution is 2.29. The average molecular weight is 423 g/mol. The van der Waals surface area contributed by atoms with Gasteiger partial charge in [-0.1, -0.05) is 23.2 Å². The zero-order valence-electron chi connectivity index (χ0n) is 16.2. The topological polar surface area (TPSA) is 46.0 Å². The second kappa shape index (κ2) is 9.50. The van der Waals surface area contributed by atoms with Gasteiger partial charge in [0.1, 0.15) is 5.75 Å². The largest absolute Gasteiger partial charge is 0.483 e. The van der Waals surface area contributed by atoms with Crippen molar-refractivity contribution in [1.29, 1.82) is 0 Å². The van der Waals surface area contributed by atoms with Gasteiger partial charge in [0.25, 0.3) is 5.91 Å². The maximum atomic E-state index is 12.2. The number of carbonyl (C=O) groups is 1. The van der Waals surface area contributed by atoms with E-state index < -0.39 is 0 Å². The van der Waals surface area contributed by atoms with Crippen LogP contribution in [-0.4, -0.2) is 45.2 Å². The van der Waals surface area contributed by atoms with Crippen molar-refractivity contribution in [2.45, 2.75) is 13.8 Å². The maximum Gasteiger partial charge on any atom is 0.262 e. The van der Waals surface area contributed by atoms with Crippen molar-refractivity contribution in [3.8, 4) is 5.75 Å². The zero-order valence-corrected chi connectivity index (χ0v) is 17.7. The Labute approximate surface area is 176 Å². The lowest BCUT2D eigenvalue weighted by atomic mass is 10.2. The summed E-state index contributed by atoms with van der Waals surface area (Å²) in [5.74, 6) is 0.402. The first-order chi connectivity index (χ1) is 13.5. The van der Waals surface area contributed by atoms with Gasteiger partial charge >= 0.3 is 0 Å². The predicted octanol–water partition coefficient (Wildman–Crippen LogP) is 3.04. The summed E-state index contributed by atoms with van der Waals surface area (Å²) in [6, 6.07) is 10.9. The molecule has 0 bridgehead atoms. The number of halogens is 2. The van der Waals surface area contributed by atoms with E-state index in [2.05, 4.69) is 17.1 Å². The molecule has 150 valence electrons. The molecule has 5 nitrogen and oxygen atoms in total. The second-order valence-electron chi connectivity index (χ2n) is 7.00. The van der Waals surface area contributed by atoms with Gasteiger partial charge < -0.3 is 19.9 Å². The van der Waals surface area contributed by atoms with Crippen LogP contribution in [0.4, 0.5) is 11.4 Å². The van der Waals surface area contributed by atoms with Crippen LogP contribution in [0.15, 0.2) is 36.4 Å². The van der Waals surface area contributed by atoms with E-state index in [4.69, 9.17) is 27.9 Å². The molecule has 0 saturated carbocycles. The van der Waals surface area contributed by atoms with Gasteiger partial charge in [-0.15, -0.1) is 0 Å². The highest BCUT2D eigenvalue weighted by molar-refractivity contribution is 6.33. The molecule has 3 rings (SSSR count). The lowest BCUT2D eigenvalue weighted by Gasteiger charge is -2.33. The summed E-state index contributed by atoms with van der Waals surface area (Å²) in [5, 5.41) is 4.12. The van der Waals surface area contributed by atoms with Gasteiger partial charge in [-0.05, 0) is 55.8 Å². The quantitative estimate of drug-likeness (QED) is 0.751. The fourth-order valence-corrected chi connectivity index (χ4v) is 3.90. The predicted molar refractivity (Wildman–Crippen MR) is 115 cm³/mol. The maximum absolute atomic E-state index is 12.2. The number of nitrogens with one attached hydrogen (secondary N) is 2. The minimum atomic E-state index is -0.238. The molecular weight excluding hydrogens is 397 g/mol. The van der Waals surface area contributed by atoms with E-state index in [1.807, 2.05) is 19.1 Å². The number of likely N-dealkylation sites (N-methyl/N-ethyl adjacent to an activating group) is 1. The van der Waals surface area contributed by atoms with E-state index in [1.54, 1.807) is 29.2 Å². The molecule has 0 aliphatic carbocycles. The van der Waals surface area contributed by atoms with E-state index in [0.29, 0.717) is 21.5 Å². The number of anilines is 2. The standard InChI is InChI=1S/C21H25Cl2N3O2/c1-3-25-8-10-26(11-9-25)19-6-5-17(13-18(19)23)24-21(27)14-28-20-7-4-16(22)12-15(20)2/h4-7,12-13H,3,8-11,14H2,1-2H3,(H,24,27)/p+1. The second-order valence-corrected chi connectivity index (χ2v) is 7.85. The first-order valence-corrected chi connectivity index (χ1v) is 10.3. The summed E-state index contributed by atoms with van der Waals surface area (Å²) in [6.45, 7) is 9.39. The van der Waals surface area contributed by atoms with Crippen LogP contribution in [-0.2, 0) is 4.79 Å². The summed E-state index contributed by atoms with van der Waals surface area (Å²) in [5.41, 5.74) is 2.56. The summed E-state index contributed by atoms with van der Waals surface area (Å²) in [6.07, 6.45) is 0. The van der Waals surface area contributed by atoms with Gasteiger partial charge in [-0.25, -0.2) is 0 Å². The number of nitrogens with zero attached hydrogens (tertiary/aromatic N) is 1. The van der Waals surface area contributed by atoms with Gasteiger partial charge in [0, 0.05) is 10.7 Å². The van der Waals surface area contributed by atoms with Crippen LogP contribution in [0.5, 0.6) is 5.75 Å². The van der Waals surface area contributed by atoms with E-state index >= 15 is 0 Å². The van der Waals surface area contributed by atoms with Gasteiger partial charge in [-0.2, -0.15) is 0 Å². The number of ether oxygens (including phenoxy) is 1. The Balaban J connectivity index is 1.55. The third-order valence-corrected chi connectivity index (χ3v) is 5.58. The van der Waals surface area contributed by atoms with Crippen molar-refractivity contribution in [2.75, 3.05) is 49.5 Å². The average Bonchev–Trinajstić information content (AvgIpc) is 2.67. The smallest absolute Gasteiger partial charge is 0.262 e. The Kier molecular flexibility index (Phi) is 7.05. The van der Waals surface area contributed by atoms with Crippen molar-refractivity contribution >= 4 is 40.5 Å². The van der Waals surface area contributed by atoms with Gasteiger partial charge in [0.15, 0.2) is 6.61 Å². The molecule has 1 heterocycles. The molecule has 28 heavy (non-hydrogen) atoms. The van der Waals surface area contributed by atoms with Crippen LogP contribution >= 0.6 is 23.2 Å². The van der Waals surface area contributed by atoms with Crippen molar-refractivity contribution in [2.24, 2.45) is 0 Å². The SMILES string of the molecule is CC[NH+]1CCN(c2ccc(NC(=O)COc3ccc(Cl)cc3C)cc2Cl)CC1. The molecule has 7 heteroatoms. The van der Waals surface area contributed by atoms with Crippen LogP contribution in [0.2, 0.25) is 10.0 Å². The molecule has 0 atom stereocenters. The Morgan fingerprint density at radius 1 is 1.18 bits per heavy atom. The van der Waals surface area contributed by atoms with Crippen LogP contribution in [0.3, 0.4) is 0 Å². The lowest BCUT2D eigenvalue weighted by Crippen LogP contribution is -3.14. The number of piperazine rings is 1. The summed E-state index contributed by atoms with van der Waals surface area (Å²) >= 11 is 12.4. The first-order valence-electron chi connectivity index (χ1n) is 9.53. The molecule has 2 N–H and O–H groups in total. The monoisotopic (exact) mass is 422 g/mol. The molecule has 0 spiro atoms. The molecule has 1 aliphatic heterocycles. The summed E-state index contributed by atoms with van der Waals surface area (Å²) in [7, 11) is 0. The van der Waals surface area contributed by atoms with Crippen molar-refractivity contribution in [1.82, 2.24) is 0 Å². The number of hydrogen-bond acceptors (Lipinski definition) is 3. The van der Waals surface area contributed by atoms with Crippen LogP contribution in [0, 0.1) is 6.92 Å². The Hall–Kier alpha value is -1.95. The molecule has 1 aliphatic rings. The Morgan fingerprint density at radius 2 is 1.93 bits per heavy atom. The third-order valence-electron chi connectivity index (χ3n) is 5.04. The van der Waals surface area contributed by atoms with Crippen LogP contribution in [0.1, 0.15) is 12.5 Å². The van der Waals surface area contributed by atoms with Gasteiger partial charge in [0.2, 0.25) is 0 Å².